The second-order valence-corrected chi connectivity index (χ2v) is 3.13. The summed E-state index contributed by atoms with van der Waals surface area (Å²) in [7, 11) is 1.77. The van der Waals surface area contributed by atoms with Gasteiger partial charge < -0.3 is 9.64 Å². The molecule has 0 unspecified atom stereocenters. The minimum Gasteiger partial charge on any atom is -0.385 e. The van der Waals surface area contributed by atoms with Crippen LogP contribution in [0.5, 0.6) is 0 Å². The molecule has 0 radical (unpaired) electrons. The Morgan fingerprint density at radius 1 is 1.08 bits per heavy atom. The third-order valence-electron chi connectivity index (χ3n) is 2.10. The van der Waals surface area contributed by atoms with E-state index in [-0.39, 0.29) is 0 Å². The lowest BCUT2D eigenvalue weighted by atomic mass is 10.3. The van der Waals surface area contributed by atoms with E-state index in [1.54, 1.807) is 7.11 Å². The van der Waals surface area contributed by atoms with Crippen molar-refractivity contribution >= 4 is 0 Å². The van der Waals surface area contributed by atoms with Crippen molar-refractivity contribution in [3.05, 3.63) is 0 Å². The summed E-state index contributed by atoms with van der Waals surface area (Å²) in [5.41, 5.74) is 0. The van der Waals surface area contributed by atoms with Gasteiger partial charge in [0.15, 0.2) is 0 Å². The van der Waals surface area contributed by atoms with Crippen molar-refractivity contribution in [3.8, 4) is 0 Å². The summed E-state index contributed by atoms with van der Waals surface area (Å²) >= 11 is 0. The lowest BCUT2D eigenvalue weighted by Gasteiger charge is -2.19. The smallest absolute Gasteiger partial charge is 0.0474 e. The molecule has 0 bridgehead atoms. The zero-order chi connectivity index (χ0) is 9.23. The highest BCUT2D eigenvalue weighted by Gasteiger charge is 1.99. The van der Waals surface area contributed by atoms with Crippen molar-refractivity contribution in [2.24, 2.45) is 0 Å². The van der Waals surface area contributed by atoms with Gasteiger partial charge in [0.05, 0.1) is 0 Å². The average molecular weight is 173 g/mol. The topological polar surface area (TPSA) is 12.5 Å². The van der Waals surface area contributed by atoms with Crippen LogP contribution in [-0.2, 0) is 4.74 Å². The molecule has 2 nitrogen and oxygen atoms in total. The van der Waals surface area contributed by atoms with E-state index in [0.29, 0.717) is 0 Å². The van der Waals surface area contributed by atoms with E-state index in [2.05, 4.69) is 18.7 Å². The molecule has 0 saturated heterocycles. The summed E-state index contributed by atoms with van der Waals surface area (Å²) in [6.45, 7) is 8.96. The molecule has 0 heterocycles. The highest BCUT2D eigenvalue weighted by molar-refractivity contribution is 4.54. The molecule has 0 amide bonds. The zero-order valence-electron chi connectivity index (χ0n) is 8.81. The highest BCUT2D eigenvalue weighted by Crippen LogP contribution is 1.96. The molecule has 0 atom stereocenters. The molecule has 0 aromatic carbocycles. The van der Waals surface area contributed by atoms with Gasteiger partial charge in [0.2, 0.25) is 0 Å². The normalized spacial score (nSPS) is 11.0. The van der Waals surface area contributed by atoms with Gasteiger partial charge in [0.1, 0.15) is 0 Å². The molecule has 0 spiro atoms. The van der Waals surface area contributed by atoms with Gasteiger partial charge in [-0.2, -0.15) is 0 Å². The Hall–Kier alpha value is -0.0800. The molecule has 12 heavy (non-hydrogen) atoms. The molecule has 0 aliphatic carbocycles. The number of rotatable bonds is 8. The molecule has 2 heteroatoms. The van der Waals surface area contributed by atoms with E-state index < -0.39 is 0 Å². The first-order valence-electron chi connectivity index (χ1n) is 5.06. The van der Waals surface area contributed by atoms with Gasteiger partial charge in [-0.3, -0.25) is 0 Å². The van der Waals surface area contributed by atoms with Crippen LogP contribution < -0.4 is 0 Å². The Morgan fingerprint density at radius 3 is 2.25 bits per heavy atom. The first kappa shape index (κ1) is 11.9. The predicted molar refractivity (Wildman–Crippen MR) is 53.5 cm³/mol. The van der Waals surface area contributed by atoms with Crippen molar-refractivity contribution in [2.75, 3.05) is 33.4 Å². The molecule has 0 aromatic heterocycles. The zero-order valence-corrected chi connectivity index (χ0v) is 8.81. The quantitative estimate of drug-likeness (QED) is 0.521. The van der Waals surface area contributed by atoms with Crippen LogP contribution in [0.1, 0.15) is 33.1 Å². The lowest BCUT2D eigenvalue weighted by molar-refractivity contribution is 0.173. The molecule has 74 valence electrons. The van der Waals surface area contributed by atoms with Crippen LogP contribution in [0.2, 0.25) is 0 Å². The highest BCUT2D eigenvalue weighted by atomic mass is 16.5. The van der Waals surface area contributed by atoms with Crippen LogP contribution in [0.15, 0.2) is 0 Å². The minimum absolute atomic E-state index is 0.891. The van der Waals surface area contributed by atoms with Crippen LogP contribution in [0, 0.1) is 0 Å². The van der Waals surface area contributed by atoms with Gasteiger partial charge in [-0.05, 0) is 25.9 Å². The van der Waals surface area contributed by atoms with Crippen LogP contribution in [0.4, 0.5) is 0 Å². The molecule has 0 aliphatic heterocycles. The minimum atomic E-state index is 0.891. The SMILES string of the molecule is CCCCN(CC)CCCOC. The Balaban J connectivity index is 3.26. The number of nitrogens with zero attached hydrogens (tertiary/aromatic N) is 1. The molecular formula is C10H23NO. The second kappa shape index (κ2) is 9.01. The van der Waals surface area contributed by atoms with Crippen LogP contribution in [0.3, 0.4) is 0 Å². The molecule has 0 aliphatic rings. The van der Waals surface area contributed by atoms with Crippen molar-refractivity contribution in [1.29, 1.82) is 0 Å². The van der Waals surface area contributed by atoms with Crippen LogP contribution in [-0.4, -0.2) is 38.3 Å². The van der Waals surface area contributed by atoms with Gasteiger partial charge in [-0.15, -0.1) is 0 Å². The monoisotopic (exact) mass is 173 g/mol. The van der Waals surface area contributed by atoms with Crippen LogP contribution in [0.25, 0.3) is 0 Å². The maximum absolute atomic E-state index is 5.01. The molecule has 0 saturated carbocycles. The van der Waals surface area contributed by atoms with Crippen molar-refractivity contribution in [2.45, 2.75) is 33.1 Å². The van der Waals surface area contributed by atoms with Crippen molar-refractivity contribution < 1.29 is 4.74 Å². The molecular weight excluding hydrogens is 150 g/mol. The number of methoxy groups -OCH3 is 1. The summed E-state index contributed by atoms with van der Waals surface area (Å²) in [6, 6.07) is 0. The maximum Gasteiger partial charge on any atom is 0.0474 e. The van der Waals surface area contributed by atoms with E-state index in [0.717, 1.165) is 13.0 Å². The fourth-order valence-corrected chi connectivity index (χ4v) is 1.24. The average Bonchev–Trinajstić information content (AvgIpc) is 2.11. The third-order valence-corrected chi connectivity index (χ3v) is 2.10. The Bertz CT molecular complexity index is 85.9. The third kappa shape index (κ3) is 6.62. The van der Waals surface area contributed by atoms with Gasteiger partial charge >= 0.3 is 0 Å². The summed E-state index contributed by atoms with van der Waals surface area (Å²) in [6.07, 6.45) is 3.77. The van der Waals surface area contributed by atoms with E-state index in [1.807, 2.05) is 0 Å². The number of unbranched alkanes of at least 4 members (excludes halogenated alkanes) is 1. The summed E-state index contributed by atoms with van der Waals surface area (Å²) in [4.78, 5) is 2.49. The number of hydrogen-bond acceptors (Lipinski definition) is 2. The number of hydrogen-bond donors (Lipinski definition) is 0. The fourth-order valence-electron chi connectivity index (χ4n) is 1.24. The van der Waals surface area contributed by atoms with Crippen molar-refractivity contribution in [3.63, 3.8) is 0 Å². The van der Waals surface area contributed by atoms with Crippen LogP contribution >= 0.6 is 0 Å². The van der Waals surface area contributed by atoms with E-state index in [1.165, 1.54) is 32.5 Å². The van der Waals surface area contributed by atoms with Gasteiger partial charge in [0, 0.05) is 20.3 Å². The maximum atomic E-state index is 5.01. The molecule has 0 rings (SSSR count). The second-order valence-electron chi connectivity index (χ2n) is 3.13. The van der Waals surface area contributed by atoms with Gasteiger partial charge in [-0.1, -0.05) is 20.3 Å². The van der Waals surface area contributed by atoms with Crippen molar-refractivity contribution in [1.82, 2.24) is 4.90 Å². The fraction of sp³-hybridized carbons (Fsp3) is 1.00. The first-order chi connectivity index (χ1) is 5.85. The van der Waals surface area contributed by atoms with E-state index in [9.17, 15) is 0 Å². The number of ether oxygens (including phenoxy) is 1. The summed E-state index contributed by atoms with van der Waals surface area (Å²) < 4.78 is 5.01. The van der Waals surface area contributed by atoms with E-state index >= 15 is 0 Å². The Labute approximate surface area is 76.9 Å². The standard InChI is InChI=1S/C10H23NO/c1-4-6-8-11(5-2)9-7-10-12-3/h4-10H2,1-3H3. The molecule has 0 N–H and O–H groups in total. The summed E-state index contributed by atoms with van der Waals surface area (Å²) in [5, 5.41) is 0. The van der Waals surface area contributed by atoms with E-state index in [4.69, 9.17) is 4.74 Å². The Kier molecular flexibility index (Phi) is 8.95. The Morgan fingerprint density at radius 2 is 1.75 bits per heavy atom. The largest absolute Gasteiger partial charge is 0.385 e. The lowest BCUT2D eigenvalue weighted by Crippen LogP contribution is -2.26. The van der Waals surface area contributed by atoms with Gasteiger partial charge in [0.25, 0.3) is 0 Å². The molecule has 0 aromatic rings. The first-order valence-corrected chi connectivity index (χ1v) is 5.06. The molecule has 0 fully saturated rings. The predicted octanol–water partition coefficient (Wildman–Crippen LogP) is 2.14. The summed E-state index contributed by atoms with van der Waals surface area (Å²) in [5.74, 6) is 0. The van der Waals surface area contributed by atoms with Gasteiger partial charge in [-0.25, -0.2) is 0 Å².